The second kappa shape index (κ2) is 11.7. The molecule has 1 fully saturated rings. The first-order valence-corrected chi connectivity index (χ1v) is 9.69. The van der Waals surface area contributed by atoms with Crippen LogP contribution in [-0.2, 0) is 14.2 Å². The van der Waals surface area contributed by atoms with E-state index in [1.165, 1.54) is 19.3 Å². The molecule has 26 heavy (non-hydrogen) atoms. The molecule has 3 unspecified atom stereocenters. The SMILES string of the molecule is CNCC(O)C(OCOC)C(CC1CCCCC1)NC(=O)OC(C)(C)C. The van der Waals surface area contributed by atoms with Crippen LogP contribution in [0.2, 0.25) is 0 Å². The van der Waals surface area contributed by atoms with Gasteiger partial charge >= 0.3 is 6.09 Å². The number of likely N-dealkylation sites (N-methyl/N-ethyl adjacent to an activating group) is 1. The van der Waals surface area contributed by atoms with Crippen molar-refractivity contribution < 1.29 is 24.1 Å². The van der Waals surface area contributed by atoms with Gasteiger partial charge in [-0.3, -0.25) is 0 Å². The second-order valence-corrected chi connectivity index (χ2v) is 8.16. The molecule has 0 saturated heterocycles. The summed E-state index contributed by atoms with van der Waals surface area (Å²) in [7, 11) is 3.31. The van der Waals surface area contributed by atoms with Gasteiger partial charge in [0, 0.05) is 13.7 Å². The predicted molar refractivity (Wildman–Crippen MR) is 101 cm³/mol. The monoisotopic (exact) mass is 374 g/mol. The second-order valence-electron chi connectivity index (χ2n) is 8.16. The van der Waals surface area contributed by atoms with Gasteiger partial charge in [0.15, 0.2) is 0 Å². The molecule has 1 aliphatic carbocycles. The van der Waals surface area contributed by atoms with Gasteiger partial charge in [0.25, 0.3) is 0 Å². The molecule has 0 radical (unpaired) electrons. The van der Waals surface area contributed by atoms with Gasteiger partial charge in [-0.1, -0.05) is 32.1 Å². The lowest BCUT2D eigenvalue weighted by molar-refractivity contribution is -0.125. The molecule has 1 aliphatic rings. The lowest BCUT2D eigenvalue weighted by Crippen LogP contribution is -2.53. The average molecular weight is 375 g/mol. The fraction of sp³-hybridized carbons (Fsp3) is 0.947. The first-order chi connectivity index (χ1) is 12.3. The number of aliphatic hydroxyl groups is 1. The Hall–Kier alpha value is -0.890. The van der Waals surface area contributed by atoms with Crippen LogP contribution in [0.4, 0.5) is 4.79 Å². The zero-order valence-electron chi connectivity index (χ0n) is 17.0. The maximum atomic E-state index is 12.4. The van der Waals surface area contributed by atoms with Crippen LogP contribution in [0.3, 0.4) is 0 Å². The van der Waals surface area contributed by atoms with Crippen LogP contribution in [0.25, 0.3) is 0 Å². The molecule has 0 spiro atoms. The Labute approximate surface area is 158 Å². The number of methoxy groups -OCH3 is 1. The summed E-state index contributed by atoms with van der Waals surface area (Å²) in [5.74, 6) is 0.513. The summed E-state index contributed by atoms with van der Waals surface area (Å²) in [5.41, 5.74) is -0.577. The van der Waals surface area contributed by atoms with Gasteiger partial charge in [0.1, 0.15) is 18.5 Å². The molecular weight excluding hydrogens is 336 g/mol. The number of alkyl carbamates (subject to hydrolysis) is 1. The van der Waals surface area contributed by atoms with E-state index in [-0.39, 0.29) is 12.8 Å². The number of hydrogen-bond donors (Lipinski definition) is 3. The molecule has 3 N–H and O–H groups in total. The fourth-order valence-electron chi connectivity index (χ4n) is 3.48. The Balaban J connectivity index is 2.86. The number of aliphatic hydroxyl groups excluding tert-OH is 1. The molecule has 3 atom stereocenters. The highest BCUT2D eigenvalue weighted by Gasteiger charge is 2.33. The smallest absolute Gasteiger partial charge is 0.407 e. The van der Waals surface area contributed by atoms with Crippen LogP contribution < -0.4 is 10.6 Å². The van der Waals surface area contributed by atoms with Gasteiger partial charge in [-0.05, 0) is 40.2 Å². The lowest BCUT2D eigenvalue weighted by Gasteiger charge is -2.35. The first kappa shape index (κ1) is 23.1. The molecule has 0 aromatic rings. The Morgan fingerprint density at radius 1 is 1.23 bits per heavy atom. The molecule has 0 aromatic carbocycles. The summed E-state index contributed by atoms with van der Waals surface area (Å²) in [6, 6.07) is -0.341. The van der Waals surface area contributed by atoms with Gasteiger partial charge in [0.05, 0.1) is 12.1 Å². The Morgan fingerprint density at radius 2 is 1.88 bits per heavy atom. The van der Waals surface area contributed by atoms with Crippen molar-refractivity contribution in [2.24, 2.45) is 5.92 Å². The minimum Gasteiger partial charge on any atom is -0.444 e. The van der Waals surface area contributed by atoms with E-state index in [0.717, 1.165) is 19.3 Å². The number of rotatable bonds is 10. The third kappa shape index (κ3) is 9.16. The lowest BCUT2D eigenvalue weighted by atomic mass is 9.83. The third-order valence-electron chi connectivity index (χ3n) is 4.58. The fourth-order valence-corrected chi connectivity index (χ4v) is 3.48. The van der Waals surface area contributed by atoms with E-state index in [0.29, 0.717) is 12.5 Å². The topological polar surface area (TPSA) is 89.0 Å². The number of amides is 1. The Morgan fingerprint density at radius 3 is 2.42 bits per heavy atom. The van der Waals surface area contributed by atoms with Crippen molar-refractivity contribution in [2.45, 2.75) is 83.1 Å². The van der Waals surface area contributed by atoms with E-state index in [1.807, 2.05) is 20.8 Å². The van der Waals surface area contributed by atoms with Gasteiger partial charge in [0.2, 0.25) is 0 Å². The summed E-state index contributed by atoms with van der Waals surface area (Å²) in [4.78, 5) is 12.4. The minimum absolute atomic E-state index is 0.0581. The van der Waals surface area contributed by atoms with Gasteiger partial charge in [-0.25, -0.2) is 4.79 Å². The van der Waals surface area contributed by atoms with Gasteiger partial charge in [-0.2, -0.15) is 0 Å². The summed E-state index contributed by atoms with van der Waals surface area (Å²) < 4.78 is 16.2. The molecular formula is C19H38N2O5. The molecule has 0 aliphatic heterocycles. The van der Waals surface area contributed by atoms with E-state index in [9.17, 15) is 9.90 Å². The van der Waals surface area contributed by atoms with Gasteiger partial charge < -0.3 is 30.0 Å². The van der Waals surface area contributed by atoms with E-state index < -0.39 is 23.9 Å². The predicted octanol–water partition coefficient (Wildman–Crippen LogP) is 2.42. The van der Waals surface area contributed by atoms with Crippen molar-refractivity contribution in [1.82, 2.24) is 10.6 Å². The van der Waals surface area contributed by atoms with Crippen LogP contribution in [0, 0.1) is 5.92 Å². The van der Waals surface area contributed by atoms with E-state index in [1.54, 1.807) is 14.2 Å². The van der Waals surface area contributed by atoms with Crippen LogP contribution in [-0.4, -0.2) is 62.5 Å². The first-order valence-electron chi connectivity index (χ1n) is 9.69. The van der Waals surface area contributed by atoms with Crippen molar-refractivity contribution in [1.29, 1.82) is 0 Å². The zero-order valence-corrected chi connectivity index (χ0v) is 17.0. The summed E-state index contributed by atoms with van der Waals surface area (Å²) in [6.45, 7) is 5.92. The van der Waals surface area contributed by atoms with Crippen molar-refractivity contribution >= 4 is 6.09 Å². The normalized spacial score (nSPS) is 19.6. The number of hydrogen-bond acceptors (Lipinski definition) is 6. The Bertz CT molecular complexity index is 394. The molecule has 154 valence electrons. The Kier molecular flexibility index (Phi) is 10.5. The van der Waals surface area contributed by atoms with Crippen molar-refractivity contribution in [3.63, 3.8) is 0 Å². The largest absolute Gasteiger partial charge is 0.444 e. The number of carbonyl (C=O) groups excluding carboxylic acids is 1. The molecule has 7 nitrogen and oxygen atoms in total. The highest BCUT2D eigenvalue weighted by Crippen LogP contribution is 2.29. The minimum atomic E-state index is -0.765. The number of carbonyl (C=O) groups is 1. The summed E-state index contributed by atoms with van der Waals surface area (Å²) >= 11 is 0. The maximum absolute atomic E-state index is 12.4. The quantitative estimate of drug-likeness (QED) is 0.509. The third-order valence-corrected chi connectivity index (χ3v) is 4.58. The van der Waals surface area contributed by atoms with E-state index in [2.05, 4.69) is 10.6 Å². The highest BCUT2D eigenvalue weighted by atomic mass is 16.7. The molecule has 1 amide bonds. The van der Waals surface area contributed by atoms with Crippen molar-refractivity contribution in [2.75, 3.05) is 27.5 Å². The van der Waals surface area contributed by atoms with E-state index >= 15 is 0 Å². The molecule has 0 bridgehead atoms. The molecule has 1 rings (SSSR count). The molecule has 0 aromatic heterocycles. The summed E-state index contributed by atoms with van der Waals surface area (Å²) in [5, 5.41) is 16.4. The number of nitrogens with one attached hydrogen (secondary N) is 2. The van der Waals surface area contributed by atoms with Crippen molar-refractivity contribution in [3.05, 3.63) is 0 Å². The number of ether oxygens (including phenoxy) is 3. The van der Waals surface area contributed by atoms with Crippen molar-refractivity contribution in [3.8, 4) is 0 Å². The van der Waals surface area contributed by atoms with Crippen LogP contribution in [0.5, 0.6) is 0 Å². The van der Waals surface area contributed by atoms with Gasteiger partial charge in [-0.15, -0.1) is 0 Å². The van der Waals surface area contributed by atoms with Crippen LogP contribution in [0.1, 0.15) is 59.3 Å². The zero-order chi connectivity index (χ0) is 19.6. The van der Waals surface area contributed by atoms with Crippen LogP contribution >= 0.6 is 0 Å². The van der Waals surface area contributed by atoms with Crippen LogP contribution in [0.15, 0.2) is 0 Å². The molecule has 0 heterocycles. The average Bonchev–Trinajstić information content (AvgIpc) is 2.54. The van der Waals surface area contributed by atoms with E-state index in [4.69, 9.17) is 14.2 Å². The molecule has 1 saturated carbocycles. The summed E-state index contributed by atoms with van der Waals surface area (Å²) in [6.07, 6.45) is 4.92. The highest BCUT2D eigenvalue weighted by molar-refractivity contribution is 5.68. The standard InChI is InChI=1S/C19H38N2O5/c1-19(2,3)26-18(23)21-15(11-14-9-7-6-8-10-14)17(25-13-24-5)16(22)12-20-4/h14-17,20,22H,6-13H2,1-5H3,(H,21,23). The molecule has 7 heteroatoms. The maximum Gasteiger partial charge on any atom is 0.407 e.